The van der Waals surface area contributed by atoms with E-state index in [0.29, 0.717) is 5.03 Å². The predicted molar refractivity (Wildman–Crippen MR) is 83.3 cm³/mol. The first kappa shape index (κ1) is 15.0. The number of hydrogen-bond donors (Lipinski definition) is 0. The molecule has 0 aromatic heterocycles. The Balaban J connectivity index is 2.11. The summed E-state index contributed by atoms with van der Waals surface area (Å²) < 4.78 is 0.184. The van der Waals surface area contributed by atoms with Gasteiger partial charge in [-0.2, -0.15) is 0 Å². The first-order valence-corrected chi connectivity index (χ1v) is 7.79. The van der Waals surface area contributed by atoms with Crippen molar-refractivity contribution in [3.8, 4) is 0 Å². The van der Waals surface area contributed by atoms with Gasteiger partial charge in [-0.15, -0.1) is 16.8 Å². The van der Waals surface area contributed by atoms with Crippen molar-refractivity contribution in [1.29, 1.82) is 0 Å². The van der Waals surface area contributed by atoms with Crippen molar-refractivity contribution in [1.82, 2.24) is 5.06 Å². The van der Waals surface area contributed by atoms with Crippen LogP contribution < -0.4 is 0 Å². The molecule has 0 radical (unpaired) electrons. The Bertz CT molecular complexity index is 467. The summed E-state index contributed by atoms with van der Waals surface area (Å²) in [6, 6.07) is 7.65. The summed E-state index contributed by atoms with van der Waals surface area (Å²) in [7, 11) is 0. The van der Waals surface area contributed by atoms with Crippen LogP contribution in [0.25, 0.3) is 0 Å². The maximum atomic E-state index is 6.25. The SMILES string of the molecule is CC(C)(C)SCN1OC=C(Cl)C1c1ccc(Cl)cc1. The van der Waals surface area contributed by atoms with E-state index >= 15 is 0 Å². The van der Waals surface area contributed by atoms with E-state index in [1.807, 2.05) is 41.1 Å². The van der Waals surface area contributed by atoms with Gasteiger partial charge in [-0.05, 0) is 17.7 Å². The number of hydrogen-bond acceptors (Lipinski definition) is 3. The fraction of sp³-hybridized carbons (Fsp3) is 0.429. The van der Waals surface area contributed by atoms with E-state index < -0.39 is 0 Å². The van der Waals surface area contributed by atoms with Gasteiger partial charge in [0, 0.05) is 9.77 Å². The van der Waals surface area contributed by atoms with Crippen LogP contribution in [-0.4, -0.2) is 15.7 Å². The molecule has 0 aliphatic carbocycles. The Hall–Kier alpha value is -0.350. The van der Waals surface area contributed by atoms with Crippen molar-refractivity contribution in [2.45, 2.75) is 31.6 Å². The molecule has 104 valence electrons. The van der Waals surface area contributed by atoms with E-state index in [9.17, 15) is 0 Å². The lowest BCUT2D eigenvalue weighted by Gasteiger charge is -2.26. The minimum atomic E-state index is -0.0474. The van der Waals surface area contributed by atoms with Gasteiger partial charge in [-0.3, -0.25) is 0 Å². The zero-order valence-corrected chi connectivity index (χ0v) is 13.5. The fourth-order valence-corrected chi connectivity index (χ4v) is 2.84. The number of thioether (sulfide) groups is 1. The highest BCUT2D eigenvalue weighted by atomic mass is 35.5. The largest absolute Gasteiger partial charge is 0.411 e. The maximum Gasteiger partial charge on any atom is 0.128 e. The number of halogens is 2. The Morgan fingerprint density at radius 3 is 2.42 bits per heavy atom. The molecule has 1 heterocycles. The second-order valence-corrected chi connectivity index (χ2v) is 8.01. The molecule has 0 N–H and O–H groups in total. The fourth-order valence-electron chi connectivity index (χ4n) is 1.71. The molecule has 19 heavy (non-hydrogen) atoms. The molecule has 0 fully saturated rings. The highest BCUT2D eigenvalue weighted by molar-refractivity contribution is 8.00. The van der Waals surface area contributed by atoms with Crippen molar-refractivity contribution >= 4 is 35.0 Å². The summed E-state index contributed by atoms with van der Waals surface area (Å²) in [5.74, 6) is 0.753. The van der Waals surface area contributed by atoms with Crippen molar-refractivity contribution in [2.24, 2.45) is 0 Å². The highest BCUT2D eigenvalue weighted by Crippen LogP contribution is 2.39. The minimum Gasteiger partial charge on any atom is -0.411 e. The summed E-state index contributed by atoms with van der Waals surface area (Å²) in [5.41, 5.74) is 1.08. The lowest BCUT2D eigenvalue weighted by molar-refractivity contribution is -0.0871. The molecule has 0 amide bonds. The van der Waals surface area contributed by atoms with E-state index in [2.05, 4.69) is 20.8 Å². The van der Waals surface area contributed by atoms with E-state index in [4.69, 9.17) is 28.0 Å². The lowest BCUT2D eigenvalue weighted by Crippen LogP contribution is -2.25. The van der Waals surface area contributed by atoms with Crippen molar-refractivity contribution in [3.05, 3.63) is 46.1 Å². The molecule has 1 unspecified atom stereocenters. The first-order valence-electron chi connectivity index (χ1n) is 6.05. The average molecular weight is 318 g/mol. The van der Waals surface area contributed by atoms with Gasteiger partial charge in [-0.25, -0.2) is 0 Å². The number of hydroxylamine groups is 2. The lowest BCUT2D eigenvalue weighted by atomic mass is 10.1. The predicted octanol–water partition coefficient (Wildman–Crippen LogP) is 5.20. The first-order chi connectivity index (χ1) is 8.87. The normalized spacial score (nSPS) is 20.3. The zero-order chi connectivity index (χ0) is 14.0. The van der Waals surface area contributed by atoms with Crippen molar-refractivity contribution < 1.29 is 4.84 Å². The van der Waals surface area contributed by atoms with Gasteiger partial charge in [0.1, 0.15) is 12.3 Å². The van der Waals surface area contributed by atoms with Gasteiger partial charge < -0.3 is 4.84 Å². The summed E-state index contributed by atoms with van der Waals surface area (Å²) in [6.07, 6.45) is 1.60. The molecule has 5 heteroatoms. The van der Waals surface area contributed by atoms with Crippen LogP contribution in [0.2, 0.25) is 5.02 Å². The van der Waals surface area contributed by atoms with Gasteiger partial charge in [0.25, 0.3) is 0 Å². The topological polar surface area (TPSA) is 12.5 Å². The molecule has 0 bridgehead atoms. The van der Waals surface area contributed by atoms with Gasteiger partial charge in [-0.1, -0.05) is 56.1 Å². The molecule has 1 aliphatic rings. The smallest absolute Gasteiger partial charge is 0.128 e. The van der Waals surface area contributed by atoms with Crippen LogP contribution in [-0.2, 0) is 4.84 Å². The third-order valence-corrected chi connectivity index (χ3v) is 4.46. The number of rotatable bonds is 3. The summed E-state index contributed by atoms with van der Waals surface area (Å²) in [5, 5.41) is 3.30. The van der Waals surface area contributed by atoms with Crippen LogP contribution in [0.15, 0.2) is 35.6 Å². The number of nitrogens with zero attached hydrogens (tertiary/aromatic N) is 1. The summed E-state index contributed by atoms with van der Waals surface area (Å²) in [4.78, 5) is 5.54. The number of benzene rings is 1. The molecule has 0 saturated carbocycles. The molecule has 1 aromatic carbocycles. The van der Waals surface area contributed by atoms with Gasteiger partial charge in [0.2, 0.25) is 0 Å². The second kappa shape index (κ2) is 5.96. The molecule has 0 spiro atoms. The zero-order valence-electron chi connectivity index (χ0n) is 11.2. The molecular formula is C14H17Cl2NOS. The third kappa shape index (κ3) is 4.06. The van der Waals surface area contributed by atoms with Crippen LogP contribution in [0.3, 0.4) is 0 Å². The quantitative estimate of drug-likeness (QED) is 0.760. The maximum absolute atomic E-state index is 6.25. The molecule has 2 rings (SSSR count). The summed E-state index contributed by atoms with van der Waals surface area (Å²) >= 11 is 14.0. The van der Waals surface area contributed by atoms with Crippen LogP contribution in [0.4, 0.5) is 0 Å². The van der Waals surface area contributed by atoms with Crippen molar-refractivity contribution in [3.63, 3.8) is 0 Å². The second-order valence-electron chi connectivity index (χ2n) is 5.37. The molecule has 1 atom stereocenters. The van der Waals surface area contributed by atoms with Crippen molar-refractivity contribution in [2.75, 3.05) is 5.88 Å². The van der Waals surface area contributed by atoms with Crippen LogP contribution >= 0.6 is 35.0 Å². The molecular weight excluding hydrogens is 301 g/mol. The molecule has 1 aromatic rings. The Morgan fingerprint density at radius 2 is 1.84 bits per heavy atom. The molecule has 0 saturated heterocycles. The van der Waals surface area contributed by atoms with Crippen LogP contribution in [0, 0.1) is 0 Å². The van der Waals surface area contributed by atoms with Crippen LogP contribution in [0.1, 0.15) is 32.4 Å². The average Bonchev–Trinajstić information content (AvgIpc) is 2.68. The monoisotopic (exact) mass is 317 g/mol. The Morgan fingerprint density at radius 1 is 1.21 bits per heavy atom. The highest BCUT2D eigenvalue weighted by Gasteiger charge is 2.31. The molecule has 2 nitrogen and oxygen atoms in total. The van der Waals surface area contributed by atoms with Gasteiger partial charge >= 0.3 is 0 Å². The molecule has 1 aliphatic heterocycles. The van der Waals surface area contributed by atoms with Gasteiger partial charge in [0.15, 0.2) is 0 Å². The Kier molecular flexibility index (Phi) is 4.72. The van der Waals surface area contributed by atoms with E-state index in [0.717, 1.165) is 16.5 Å². The third-order valence-electron chi connectivity index (χ3n) is 2.66. The van der Waals surface area contributed by atoms with E-state index in [1.54, 1.807) is 6.26 Å². The van der Waals surface area contributed by atoms with Crippen LogP contribution in [0.5, 0.6) is 0 Å². The van der Waals surface area contributed by atoms with E-state index in [1.165, 1.54) is 0 Å². The standard InChI is InChI=1S/C14H17Cl2NOS/c1-14(2,3)19-9-17-13(12(16)8-18-17)10-4-6-11(15)7-5-10/h4-8,13H,9H2,1-3H3. The summed E-state index contributed by atoms with van der Waals surface area (Å²) in [6.45, 7) is 6.54. The van der Waals surface area contributed by atoms with Gasteiger partial charge in [0.05, 0.1) is 10.9 Å². The van der Waals surface area contributed by atoms with E-state index in [-0.39, 0.29) is 10.8 Å². The Labute approximate surface area is 128 Å². The minimum absolute atomic E-state index is 0.0474.